The van der Waals surface area contributed by atoms with Crippen LogP contribution in [0.1, 0.15) is 22.7 Å². The maximum Gasteiger partial charge on any atom is 0.416 e. The van der Waals surface area contributed by atoms with Gasteiger partial charge in [-0.2, -0.15) is 13.2 Å². The number of alkyl halides is 3. The molecule has 0 radical (unpaired) electrons. The van der Waals surface area contributed by atoms with Crippen LogP contribution in [-0.2, 0) is 17.5 Å². The summed E-state index contributed by atoms with van der Waals surface area (Å²) in [5.41, 5.74) is 2.23. The van der Waals surface area contributed by atoms with Gasteiger partial charge in [0.25, 0.3) is 0 Å². The average Bonchev–Trinajstić information content (AvgIpc) is 3.54. The number of fused-ring (bicyclic) bond motifs is 1. The predicted octanol–water partition coefficient (Wildman–Crippen LogP) is 5.42. The van der Waals surface area contributed by atoms with Crippen LogP contribution in [0.25, 0.3) is 10.6 Å². The van der Waals surface area contributed by atoms with Crippen LogP contribution in [0, 0.1) is 0 Å². The number of likely N-dealkylation sites (tertiary alicyclic amines) is 1. The van der Waals surface area contributed by atoms with Gasteiger partial charge in [-0.15, -0.1) is 11.3 Å². The van der Waals surface area contributed by atoms with Crippen LogP contribution in [-0.4, -0.2) is 35.1 Å². The number of nitrogens with zero attached hydrogens (tertiary/aromatic N) is 2. The third kappa shape index (κ3) is 4.38. The van der Waals surface area contributed by atoms with Gasteiger partial charge in [-0.25, -0.2) is 9.78 Å². The number of halogens is 3. The molecule has 3 heterocycles. The molecule has 0 saturated carbocycles. The van der Waals surface area contributed by atoms with Crippen LogP contribution in [0.15, 0.2) is 71.8 Å². The van der Waals surface area contributed by atoms with Crippen molar-refractivity contribution in [2.75, 3.05) is 13.1 Å². The fourth-order valence-electron chi connectivity index (χ4n) is 4.22. The summed E-state index contributed by atoms with van der Waals surface area (Å²) in [7, 11) is 0. The Labute approximate surface area is 192 Å². The van der Waals surface area contributed by atoms with Crippen molar-refractivity contribution in [3.63, 3.8) is 0 Å². The quantitative estimate of drug-likeness (QED) is 0.552. The number of rotatable bonds is 4. The first-order valence-electron chi connectivity index (χ1n) is 10.4. The van der Waals surface area contributed by atoms with Gasteiger partial charge < -0.3 is 10.1 Å². The van der Waals surface area contributed by atoms with Crippen LogP contribution in [0.4, 0.5) is 18.0 Å². The van der Waals surface area contributed by atoms with E-state index in [4.69, 9.17) is 4.74 Å². The van der Waals surface area contributed by atoms with E-state index in [-0.39, 0.29) is 18.6 Å². The standard InChI is InChI=1S/C24H20F3N3O2S/c25-24(26,27)17-8-4-7-16(11-17)22-29-19(14-33-22)18-12-30(20-9-10-28-21(18)20)23(31)32-13-15-5-2-1-3-6-15/h1-9,11,14,18,21,28H,10,12-13H2. The number of hydrogen-bond acceptors (Lipinski definition) is 5. The summed E-state index contributed by atoms with van der Waals surface area (Å²) in [6.45, 7) is 1.20. The number of aromatic nitrogens is 1. The molecule has 2 aliphatic rings. The van der Waals surface area contributed by atoms with Crippen LogP contribution in [0.3, 0.4) is 0 Å². The number of hydrogen-bond donors (Lipinski definition) is 1. The first-order valence-corrected chi connectivity index (χ1v) is 11.3. The molecule has 2 atom stereocenters. The predicted molar refractivity (Wildman–Crippen MR) is 118 cm³/mol. The second-order valence-electron chi connectivity index (χ2n) is 7.93. The van der Waals surface area contributed by atoms with Crippen molar-refractivity contribution in [3.05, 3.63) is 88.6 Å². The van der Waals surface area contributed by atoms with Crippen LogP contribution < -0.4 is 5.32 Å². The summed E-state index contributed by atoms with van der Waals surface area (Å²) in [5.74, 6) is -0.112. The van der Waals surface area contributed by atoms with Crippen molar-refractivity contribution in [2.24, 2.45) is 0 Å². The first kappa shape index (κ1) is 21.7. The third-order valence-corrected chi connectivity index (χ3v) is 6.73. The van der Waals surface area contributed by atoms with Crippen molar-refractivity contribution in [3.8, 4) is 10.6 Å². The molecule has 2 unspecified atom stereocenters. The molecule has 1 N–H and O–H groups in total. The Balaban J connectivity index is 1.33. The van der Waals surface area contributed by atoms with Gasteiger partial charge >= 0.3 is 12.3 Å². The molecule has 5 rings (SSSR count). The fourth-order valence-corrected chi connectivity index (χ4v) is 5.10. The van der Waals surface area contributed by atoms with Gasteiger partial charge in [0, 0.05) is 35.6 Å². The zero-order valence-corrected chi connectivity index (χ0v) is 18.2. The van der Waals surface area contributed by atoms with E-state index in [2.05, 4.69) is 10.3 Å². The van der Waals surface area contributed by atoms with Crippen molar-refractivity contribution >= 4 is 17.4 Å². The molecule has 2 aromatic carbocycles. The van der Waals surface area contributed by atoms with E-state index in [1.54, 1.807) is 11.0 Å². The van der Waals surface area contributed by atoms with Crippen LogP contribution in [0.2, 0.25) is 0 Å². The van der Waals surface area contributed by atoms with Gasteiger partial charge in [0.05, 0.1) is 17.3 Å². The van der Waals surface area contributed by atoms with Crippen molar-refractivity contribution < 1.29 is 22.7 Å². The molecule has 1 saturated heterocycles. The third-order valence-electron chi connectivity index (χ3n) is 5.83. The number of amides is 1. The highest BCUT2D eigenvalue weighted by molar-refractivity contribution is 7.13. The fraction of sp³-hybridized carbons (Fsp3) is 0.250. The van der Waals surface area contributed by atoms with Gasteiger partial charge in [-0.05, 0) is 23.8 Å². The Kier molecular flexibility index (Phi) is 5.67. The van der Waals surface area contributed by atoms with E-state index in [1.807, 2.05) is 41.8 Å². The van der Waals surface area contributed by atoms with E-state index < -0.39 is 17.8 Å². The molecule has 1 aromatic heterocycles. The SMILES string of the molecule is O=C(OCc1ccccc1)N1CC(c2csc(-c3cccc(C(F)(F)F)c3)n2)C2NCC=C21. The van der Waals surface area contributed by atoms with Crippen molar-refractivity contribution in [2.45, 2.75) is 24.7 Å². The largest absolute Gasteiger partial charge is 0.444 e. The smallest absolute Gasteiger partial charge is 0.416 e. The summed E-state index contributed by atoms with van der Waals surface area (Å²) in [4.78, 5) is 19.1. The molecule has 3 aromatic rings. The molecular weight excluding hydrogens is 451 g/mol. The lowest BCUT2D eigenvalue weighted by Crippen LogP contribution is -2.29. The Morgan fingerprint density at radius 3 is 2.79 bits per heavy atom. The monoisotopic (exact) mass is 471 g/mol. The highest BCUT2D eigenvalue weighted by Crippen LogP contribution is 2.39. The number of carbonyl (C=O) groups is 1. The molecule has 1 fully saturated rings. The molecule has 0 spiro atoms. The second kappa shape index (κ2) is 8.64. The van der Waals surface area contributed by atoms with Crippen LogP contribution >= 0.6 is 11.3 Å². The van der Waals surface area contributed by atoms with Crippen LogP contribution in [0.5, 0.6) is 0 Å². The molecule has 33 heavy (non-hydrogen) atoms. The van der Waals surface area contributed by atoms with Gasteiger partial charge in [0.1, 0.15) is 11.6 Å². The normalized spacial score (nSPS) is 20.0. The summed E-state index contributed by atoms with van der Waals surface area (Å²) in [6, 6.07) is 14.5. The van der Waals surface area contributed by atoms with E-state index in [0.717, 1.165) is 29.1 Å². The number of thiazole rings is 1. The van der Waals surface area contributed by atoms with Gasteiger partial charge in [-0.1, -0.05) is 42.5 Å². The van der Waals surface area contributed by atoms with Gasteiger partial charge in [0.2, 0.25) is 0 Å². The zero-order valence-electron chi connectivity index (χ0n) is 17.4. The first-order chi connectivity index (χ1) is 15.9. The minimum Gasteiger partial charge on any atom is -0.444 e. The maximum absolute atomic E-state index is 13.1. The highest BCUT2D eigenvalue weighted by atomic mass is 32.1. The molecule has 170 valence electrons. The number of benzene rings is 2. The topological polar surface area (TPSA) is 54.5 Å². The number of ether oxygens (including phenoxy) is 1. The maximum atomic E-state index is 13.1. The number of carbonyl (C=O) groups excluding carboxylic acids is 1. The Morgan fingerprint density at radius 1 is 1.18 bits per heavy atom. The molecule has 5 nitrogen and oxygen atoms in total. The minimum absolute atomic E-state index is 0.0919. The Morgan fingerprint density at radius 2 is 2.00 bits per heavy atom. The molecule has 9 heteroatoms. The molecule has 2 aliphatic heterocycles. The van der Waals surface area contributed by atoms with Crippen molar-refractivity contribution in [1.29, 1.82) is 0 Å². The lowest BCUT2D eigenvalue weighted by molar-refractivity contribution is -0.137. The van der Waals surface area contributed by atoms with E-state index in [0.29, 0.717) is 23.7 Å². The Hall–Kier alpha value is -3.17. The van der Waals surface area contributed by atoms with E-state index in [9.17, 15) is 18.0 Å². The molecule has 0 bridgehead atoms. The molecule has 1 amide bonds. The zero-order chi connectivity index (χ0) is 23.0. The highest BCUT2D eigenvalue weighted by Gasteiger charge is 2.44. The number of nitrogens with one attached hydrogen (secondary N) is 1. The van der Waals surface area contributed by atoms with Gasteiger partial charge in [-0.3, -0.25) is 4.90 Å². The second-order valence-corrected chi connectivity index (χ2v) is 8.79. The minimum atomic E-state index is -4.41. The van der Waals surface area contributed by atoms with Gasteiger partial charge in [0.15, 0.2) is 0 Å². The van der Waals surface area contributed by atoms with E-state index in [1.165, 1.54) is 17.4 Å². The summed E-state index contributed by atoms with van der Waals surface area (Å²) < 4.78 is 44.8. The summed E-state index contributed by atoms with van der Waals surface area (Å²) in [5, 5.41) is 5.75. The average molecular weight is 472 g/mol. The van der Waals surface area contributed by atoms with Crippen molar-refractivity contribution in [1.82, 2.24) is 15.2 Å². The Bertz CT molecular complexity index is 1190. The lowest BCUT2D eigenvalue weighted by Gasteiger charge is -2.17. The summed E-state index contributed by atoms with van der Waals surface area (Å²) in [6.07, 6.45) is -2.86. The molecular formula is C24H20F3N3O2S. The molecule has 0 aliphatic carbocycles. The van der Waals surface area contributed by atoms with E-state index >= 15 is 0 Å². The summed E-state index contributed by atoms with van der Waals surface area (Å²) >= 11 is 1.30. The lowest BCUT2D eigenvalue weighted by atomic mass is 10.0.